The van der Waals surface area contributed by atoms with Crippen molar-refractivity contribution in [3.8, 4) is 0 Å². The first kappa shape index (κ1) is 40.9. The van der Waals surface area contributed by atoms with Crippen LogP contribution in [0.4, 0.5) is 4.79 Å². The molecule has 12 heteroatoms. The van der Waals surface area contributed by atoms with Crippen molar-refractivity contribution >= 4 is 17.9 Å². The van der Waals surface area contributed by atoms with Gasteiger partial charge in [0.25, 0.3) is 0 Å². The number of carboxylic acid groups (broad SMARTS) is 1. The lowest BCUT2D eigenvalue weighted by atomic mass is 9.85. The highest BCUT2D eigenvalue weighted by atomic mass is 16.6. The van der Waals surface area contributed by atoms with E-state index < -0.39 is 18.1 Å². The van der Waals surface area contributed by atoms with Crippen LogP contribution >= 0.6 is 0 Å². The number of likely N-dealkylation sites (N-methyl/N-ethyl adjacent to an activating group) is 1. The standard InChI is InChI=1S/C37H64N4O8/c1-24(23-37(6)34(49-37)27(4)33(47-8)28(5)42)12-11-13-25(2)32-26(3)15-16-29(48-32)22-31(43)38-17-10-9-14-30(35(44)45)39-36(46)41-20-18-40(7)19-21-41/h11-13,24,26-30,32-34,42H,9-10,14-23H2,1-8H3,(H,38,43)(H,39,46)(H,44,45)/b12-11+,25-13+/t24-,26+,27-,28-,29-,30+,32-,33-,34-,37?/m1/s1. The lowest BCUT2D eigenvalue weighted by Gasteiger charge is -2.35. The number of amides is 3. The number of carbonyl (C=O) groups excluding carboxylic acids is 2. The maximum Gasteiger partial charge on any atom is 0.326 e. The molecular weight excluding hydrogens is 628 g/mol. The second-order valence-electron chi connectivity index (χ2n) is 15.0. The number of unbranched alkanes of at least 4 members (excludes halogenated alkanes) is 1. The van der Waals surface area contributed by atoms with Crippen molar-refractivity contribution < 1.29 is 38.8 Å². The van der Waals surface area contributed by atoms with E-state index in [1.807, 2.05) is 7.05 Å². The lowest BCUT2D eigenvalue weighted by molar-refractivity contribution is -0.139. The molecule has 0 radical (unpaired) electrons. The van der Waals surface area contributed by atoms with E-state index in [-0.39, 0.29) is 47.9 Å². The van der Waals surface area contributed by atoms with Crippen molar-refractivity contribution in [3.63, 3.8) is 0 Å². The molecule has 0 spiro atoms. The number of nitrogens with zero attached hydrogens (tertiary/aromatic N) is 2. The van der Waals surface area contributed by atoms with Crippen LogP contribution in [0.3, 0.4) is 0 Å². The number of nitrogens with one attached hydrogen (secondary N) is 2. The van der Waals surface area contributed by atoms with Crippen LogP contribution in [0.25, 0.3) is 0 Å². The zero-order valence-electron chi connectivity index (χ0n) is 31.2. The Hall–Kier alpha value is -2.51. The van der Waals surface area contributed by atoms with Crippen LogP contribution < -0.4 is 10.6 Å². The fraction of sp³-hybridized carbons (Fsp3) is 0.811. The number of allylic oxidation sites excluding steroid dienone is 3. The highest BCUT2D eigenvalue weighted by Gasteiger charge is 2.56. The predicted molar refractivity (Wildman–Crippen MR) is 189 cm³/mol. The van der Waals surface area contributed by atoms with E-state index in [4.69, 9.17) is 14.2 Å². The Bertz CT molecular complexity index is 1140. The summed E-state index contributed by atoms with van der Waals surface area (Å²) in [5, 5.41) is 25.3. The van der Waals surface area contributed by atoms with E-state index in [9.17, 15) is 24.6 Å². The molecule has 1 unspecified atom stereocenters. The van der Waals surface area contributed by atoms with Gasteiger partial charge in [0, 0.05) is 45.8 Å². The fourth-order valence-electron chi connectivity index (χ4n) is 7.51. The van der Waals surface area contributed by atoms with Crippen molar-refractivity contribution in [2.75, 3.05) is 46.9 Å². The highest BCUT2D eigenvalue weighted by Crippen LogP contribution is 2.47. The molecule has 3 saturated heterocycles. The average molecular weight is 693 g/mol. The lowest BCUT2D eigenvalue weighted by Crippen LogP contribution is -2.53. The van der Waals surface area contributed by atoms with Crippen LogP contribution in [0.5, 0.6) is 0 Å². The van der Waals surface area contributed by atoms with Gasteiger partial charge in [0.15, 0.2) is 0 Å². The molecule has 3 fully saturated rings. The number of carbonyl (C=O) groups is 3. The molecule has 3 heterocycles. The van der Waals surface area contributed by atoms with Crippen LogP contribution in [0.2, 0.25) is 0 Å². The molecular formula is C37H64N4O8. The van der Waals surface area contributed by atoms with E-state index in [1.165, 1.54) is 0 Å². The van der Waals surface area contributed by atoms with Gasteiger partial charge in [-0.05, 0) is 83.8 Å². The monoisotopic (exact) mass is 692 g/mol. The summed E-state index contributed by atoms with van der Waals surface area (Å²) in [4.78, 5) is 40.8. The molecule has 49 heavy (non-hydrogen) atoms. The van der Waals surface area contributed by atoms with E-state index in [1.54, 1.807) is 18.9 Å². The van der Waals surface area contributed by atoms with Gasteiger partial charge >= 0.3 is 12.0 Å². The minimum absolute atomic E-state index is 0.0542. The number of hydrogen-bond acceptors (Lipinski definition) is 8. The Labute approximate surface area is 294 Å². The van der Waals surface area contributed by atoms with Crippen molar-refractivity contribution in [1.82, 2.24) is 20.4 Å². The molecule has 3 aliphatic rings. The molecule has 0 saturated carbocycles. The van der Waals surface area contributed by atoms with Gasteiger partial charge in [-0.25, -0.2) is 9.59 Å². The van der Waals surface area contributed by atoms with Gasteiger partial charge in [0.05, 0.1) is 42.5 Å². The Morgan fingerprint density at radius 3 is 2.43 bits per heavy atom. The molecule has 280 valence electrons. The first-order valence-electron chi connectivity index (χ1n) is 18.3. The van der Waals surface area contributed by atoms with E-state index >= 15 is 0 Å². The smallest absolute Gasteiger partial charge is 0.326 e. The number of piperazine rings is 1. The Morgan fingerprint density at radius 2 is 1.80 bits per heavy atom. The summed E-state index contributed by atoms with van der Waals surface area (Å²) in [5.41, 5.74) is 0.903. The van der Waals surface area contributed by atoms with E-state index in [0.717, 1.165) is 37.9 Å². The third kappa shape index (κ3) is 12.6. The maximum atomic E-state index is 12.7. The molecule has 3 aliphatic heterocycles. The van der Waals surface area contributed by atoms with Crippen molar-refractivity contribution in [2.24, 2.45) is 17.8 Å². The van der Waals surface area contributed by atoms with Crippen LogP contribution in [0.15, 0.2) is 23.8 Å². The molecule has 4 N–H and O–H groups in total. The fourth-order valence-corrected chi connectivity index (χ4v) is 7.51. The SMILES string of the molecule is CO[C@H]([C@@H](C)[C@H]1OC1(C)C[C@H](C)/C=C/C=C(\C)[C@H]1O[C@@H](CC(=O)NCCCC[C@H](NC(=O)N2CCN(C)CC2)C(=O)O)CC[C@@H]1C)[C@@H](C)O. The Kier molecular flexibility index (Phi) is 16.0. The third-order valence-electron chi connectivity index (χ3n) is 10.5. The second kappa shape index (κ2) is 19.2. The molecule has 0 aromatic carbocycles. The van der Waals surface area contributed by atoms with Crippen molar-refractivity contribution in [2.45, 2.75) is 129 Å². The van der Waals surface area contributed by atoms with E-state index in [2.05, 4.69) is 68.4 Å². The molecule has 3 amide bonds. The minimum atomic E-state index is -1.05. The van der Waals surface area contributed by atoms with Gasteiger partial charge in [0.2, 0.25) is 5.91 Å². The number of ether oxygens (including phenoxy) is 3. The second-order valence-corrected chi connectivity index (χ2v) is 15.0. The highest BCUT2D eigenvalue weighted by molar-refractivity contribution is 5.82. The predicted octanol–water partition coefficient (Wildman–Crippen LogP) is 3.98. The van der Waals surface area contributed by atoms with E-state index in [0.29, 0.717) is 57.2 Å². The maximum absolute atomic E-state index is 12.7. The zero-order chi connectivity index (χ0) is 36.3. The number of urea groups is 1. The topological polar surface area (TPSA) is 153 Å². The van der Waals surface area contributed by atoms with Crippen LogP contribution in [0, 0.1) is 17.8 Å². The molecule has 0 aromatic rings. The quantitative estimate of drug-likeness (QED) is 0.0950. The van der Waals surface area contributed by atoms with Gasteiger partial charge in [-0.1, -0.05) is 39.0 Å². The molecule has 10 atom stereocenters. The van der Waals surface area contributed by atoms with Gasteiger partial charge in [-0.3, -0.25) is 4.79 Å². The van der Waals surface area contributed by atoms with Gasteiger partial charge < -0.3 is 44.9 Å². The Morgan fingerprint density at radius 1 is 1.10 bits per heavy atom. The molecule has 0 bridgehead atoms. The number of aliphatic carboxylic acids is 1. The number of carboxylic acids is 1. The van der Waals surface area contributed by atoms with Gasteiger partial charge in [-0.2, -0.15) is 0 Å². The van der Waals surface area contributed by atoms with Gasteiger partial charge in [0.1, 0.15) is 6.04 Å². The molecule has 0 aromatic heterocycles. The average Bonchev–Trinajstić information content (AvgIpc) is 3.71. The molecule has 3 rings (SSSR count). The number of aliphatic hydroxyl groups excluding tert-OH is 1. The summed E-state index contributed by atoms with van der Waals surface area (Å²) in [6, 6.07) is -1.29. The van der Waals surface area contributed by atoms with Crippen LogP contribution in [-0.4, -0.2) is 127 Å². The van der Waals surface area contributed by atoms with Crippen molar-refractivity contribution in [1.29, 1.82) is 0 Å². The summed E-state index contributed by atoms with van der Waals surface area (Å²) in [6.45, 7) is 15.6. The number of methoxy groups -OCH3 is 1. The third-order valence-corrected chi connectivity index (χ3v) is 10.5. The molecule has 0 aliphatic carbocycles. The normalized spacial score (nSPS) is 29.6. The largest absolute Gasteiger partial charge is 0.480 e. The summed E-state index contributed by atoms with van der Waals surface area (Å²) >= 11 is 0. The summed E-state index contributed by atoms with van der Waals surface area (Å²) in [6.07, 6.45) is 9.92. The summed E-state index contributed by atoms with van der Waals surface area (Å²) in [5.74, 6) is -0.367. The van der Waals surface area contributed by atoms with Gasteiger partial charge in [-0.15, -0.1) is 0 Å². The zero-order valence-corrected chi connectivity index (χ0v) is 31.2. The first-order chi connectivity index (χ1) is 23.1. The van der Waals surface area contributed by atoms with Crippen LogP contribution in [-0.2, 0) is 23.8 Å². The number of epoxide rings is 1. The van der Waals surface area contributed by atoms with Crippen molar-refractivity contribution in [3.05, 3.63) is 23.8 Å². The minimum Gasteiger partial charge on any atom is -0.480 e. The summed E-state index contributed by atoms with van der Waals surface area (Å²) in [7, 11) is 3.63. The van der Waals surface area contributed by atoms with Crippen LogP contribution in [0.1, 0.15) is 86.5 Å². The number of rotatable bonds is 18. The first-order valence-corrected chi connectivity index (χ1v) is 18.3. The summed E-state index contributed by atoms with van der Waals surface area (Å²) < 4.78 is 18.0. The number of hydrogen-bond donors (Lipinski definition) is 4. The molecule has 12 nitrogen and oxygen atoms in total. The number of aliphatic hydroxyl groups is 1. The Balaban J connectivity index is 1.37.